The van der Waals surface area contributed by atoms with Crippen LogP contribution in [0.5, 0.6) is 5.75 Å². The topological polar surface area (TPSA) is 57.4 Å². The molecule has 0 radical (unpaired) electrons. The summed E-state index contributed by atoms with van der Waals surface area (Å²) in [6, 6.07) is 1.87. The van der Waals surface area contributed by atoms with Crippen molar-refractivity contribution in [2.75, 3.05) is 7.11 Å². The van der Waals surface area contributed by atoms with Gasteiger partial charge in [0.25, 0.3) is 0 Å². The first-order chi connectivity index (χ1) is 8.02. The highest BCUT2D eigenvalue weighted by molar-refractivity contribution is 5.26. The van der Waals surface area contributed by atoms with E-state index in [9.17, 15) is 0 Å². The highest BCUT2D eigenvalue weighted by Gasteiger charge is 2.12. The molecular weight excluding hydrogens is 216 g/mol. The van der Waals surface area contributed by atoms with Gasteiger partial charge in [0.1, 0.15) is 5.75 Å². The Kier molecular flexibility index (Phi) is 5.38. The molecule has 0 saturated carbocycles. The van der Waals surface area contributed by atoms with Crippen LogP contribution in [0.2, 0.25) is 0 Å². The third-order valence-corrected chi connectivity index (χ3v) is 2.52. The van der Waals surface area contributed by atoms with Crippen molar-refractivity contribution < 1.29 is 9.47 Å². The number of hydrogen-bond donors (Lipinski definition) is 1. The molecule has 96 valence electrons. The van der Waals surface area contributed by atoms with E-state index in [0.29, 0.717) is 0 Å². The predicted molar refractivity (Wildman–Crippen MR) is 68.0 cm³/mol. The predicted octanol–water partition coefficient (Wildman–Crippen LogP) is 2.29. The highest BCUT2D eigenvalue weighted by Crippen LogP contribution is 2.20. The quantitative estimate of drug-likeness (QED) is 0.826. The highest BCUT2D eigenvalue weighted by atomic mass is 16.5. The lowest BCUT2D eigenvalue weighted by Gasteiger charge is -2.17. The molecule has 0 spiro atoms. The average Bonchev–Trinajstić information content (AvgIpc) is 2.28. The normalized spacial score (nSPS) is 14.7. The van der Waals surface area contributed by atoms with Crippen molar-refractivity contribution in [3.63, 3.8) is 0 Å². The summed E-state index contributed by atoms with van der Waals surface area (Å²) in [6.45, 7) is 5.97. The molecule has 0 saturated heterocycles. The number of ether oxygens (including phenoxy) is 2. The van der Waals surface area contributed by atoms with E-state index in [1.807, 2.05) is 26.8 Å². The lowest BCUT2D eigenvalue weighted by atomic mass is 10.0. The fraction of sp³-hybridized carbons (Fsp3) is 0.615. The molecule has 4 nitrogen and oxygen atoms in total. The van der Waals surface area contributed by atoms with Crippen LogP contribution in [-0.2, 0) is 4.74 Å². The van der Waals surface area contributed by atoms with Crippen LogP contribution in [0.1, 0.15) is 38.8 Å². The van der Waals surface area contributed by atoms with E-state index in [0.717, 1.165) is 17.7 Å². The number of aromatic nitrogens is 1. The molecule has 2 unspecified atom stereocenters. The van der Waals surface area contributed by atoms with Gasteiger partial charge in [-0.1, -0.05) is 0 Å². The molecule has 1 heterocycles. The van der Waals surface area contributed by atoms with Crippen molar-refractivity contribution in [1.82, 2.24) is 4.98 Å². The zero-order chi connectivity index (χ0) is 12.8. The van der Waals surface area contributed by atoms with Crippen molar-refractivity contribution in [3.8, 4) is 5.75 Å². The Balaban J connectivity index is 2.70. The third-order valence-electron chi connectivity index (χ3n) is 2.52. The van der Waals surface area contributed by atoms with E-state index in [1.54, 1.807) is 19.5 Å². The van der Waals surface area contributed by atoms with Gasteiger partial charge in [-0.15, -0.1) is 0 Å². The summed E-state index contributed by atoms with van der Waals surface area (Å²) in [5.41, 5.74) is 7.07. The number of rotatable bonds is 6. The van der Waals surface area contributed by atoms with Gasteiger partial charge in [0.15, 0.2) is 0 Å². The molecule has 0 amide bonds. The van der Waals surface area contributed by atoms with E-state index in [4.69, 9.17) is 15.2 Å². The van der Waals surface area contributed by atoms with Crippen molar-refractivity contribution in [1.29, 1.82) is 0 Å². The first-order valence-corrected chi connectivity index (χ1v) is 5.93. The second kappa shape index (κ2) is 6.57. The number of hydrogen-bond acceptors (Lipinski definition) is 4. The minimum atomic E-state index is -0.0758. The maximum absolute atomic E-state index is 6.10. The van der Waals surface area contributed by atoms with Crippen LogP contribution in [0.25, 0.3) is 0 Å². The van der Waals surface area contributed by atoms with Gasteiger partial charge in [0.2, 0.25) is 0 Å². The molecule has 17 heavy (non-hydrogen) atoms. The van der Waals surface area contributed by atoms with Crippen LogP contribution < -0.4 is 10.5 Å². The maximum atomic E-state index is 6.10. The zero-order valence-corrected chi connectivity index (χ0v) is 11.0. The summed E-state index contributed by atoms with van der Waals surface area (Å²) in [5, 5.41) is 0. The molecule has 2 N–H and O–H groups in total. The summed E-state index contributed by atoms with van der Waals surface area (Å²) < 4.78 is 10.8. The summed E-state index contributed by atoms with van der Waals surface area (Å²) in [7, 11) is 1.69. The molecule has 1 rings (SSSR count). The Hall–Kier alpha value is -1.13. The Morgan fingerprint density at radius 1 is 1.29 bits per heavy atom. The zero-order valence-electron chi connectivity index (χ0n) is 11.0. The van der Waals surface area contributed by atoms with Crippen LogP contribution in [-0.4, -0.2) is 24.3 Å². The fourth-order valence-electron chi connectivity index (χ4n) is 1.56. The van der Waals surface area contributed by atoms with Crippen molar-refractivity contribution >= 4 is 0 Å². The Morgan fingerprint density at radius 2 is 2.00 bits per heavy atom. The summed E-state index contributed by atoms with van der Waals surface area (Å²) in [6.07, 6.45) is 4.53. The molecule has 0 bridgehead atoms. The molecule has 4 heteroatoms. The molecule has 1 aromatic rings. The Labute approximate surface area is 103 Å². The Morgan fingerprint density at radius 3 is 2.59 bits per heavy atom. The fourth-order valence-corrected chi connectivity index (χ4v) is 1.56. The number of nitrogens with two attached hydrogens (primary N) is 1. The van der Waals surface area contributed by atoms with Gasteiger partial charge in [-0.25, -0.2) is 0 Å². The first kappa shape index (κ1) is 13.9. The van der Waals surface area contributed by atoms with Gasteiger partial charge in [-0.2, -0.15) is 0 Å². The smallest absolute Gasteiger partial charge is 0.138 e. The van der Waals surface area contributed by atoms with Gasteiger partial charge in [-0.3, -0.25) is 4.98 Å². The van der Waals surface area contributed by atoms with Gasteiger partial charge >= 0.3 is 0 Å². The molecule has 0 aliphatic carbocycles. The second-order valence-electron chi connectivity index (χ2n) is 4.51. The molecule has 1 aromatic heterocycles. The number of pyridine rings is 1. The van der Waals surface area contributed by atoms with Gasteiger partial charge in [0, 0.05) is 19.3 Å². The third kappa shape index (κ3) is 4.71. The molecule has 0 aromatic carbocycles. The number of methoxy groups -OCH3 is 1. The van der Waals surface area contributed by atoms with E-state index in [1.165, 1.54) is 0 Å². The van der Waals surface area contributed by atoms with Crippen LogP contribution >= 0.6 is 0 Å². The van der Waals surface area contributed by atoms with Crippen LogP contribution in [0, 0.1) is 0 Å². The van der Waals surface area contributed by atoms with Gasteiger partial charge in [-0.05, 0) is 38.8 Å². The molecule has 0 fully saturated rings. The van der Waals surface area contributed by atoms with E-state index in [-0.39, 0.29) is 18.2 Å². The average molecular weight is 238 g/mol. The monoisotopic (exact) mass is 238 g/mol. The summed E-state index contributed by atoms with van der Waals surface area (Å²) >= 11 is 0. The van der Waals surface area contributed by atoms with Gasteiger partial charge in [0.05, 0.1) is 18.4 Å². The van der Waals surface area contributed by atoms with E-state index < -0.39 is 0 Å². The number of nitrogens with zero attached hydrogens (tertiary/aromatic N) is 1. The Bertz CT molecular complexity index is 342. The van der Waals surface area contributed by atoms with Crippen molar-refractivity contribution in [2.24, 2.45) is 5.73 Å². The largest absolute Gasteiger partial charge is 0.489 e. The molecule has 0 aliphatic rings. The lowest BCUT2D eigenvalue weighted by molar-refractivity contribution is 0.104. The minimum Gasteiger partial charge on any atom is -0.489 e. The first-order valence-electron chi connectivity index (χ1n) is 5.93. The second-order valence-corrected chi connectivity index (χ2v) is 4.51. The van der Waals surface area contributed by atoms with Crippen LogP contribution in [0.4, 0.5) is 0 Å². The lowest BCUT2D eigenvalue weighted by Crippen LogP contribution is -2.18. The summed E-state index contributed by atoms with van der Waals surface area (Å²) in [4.78, 5) is 4.15. The molecular formula is C13H22N2O2. The van der Waals surface area contributed by atoms with Crippen molar-refractivity contribution in [3.05, 3.63) is 24.0 Å². The standard InChI is InChI=1S/C13H22N2O2/c1-9(2)17-12-6-11(7-15-8-12)13(14)5-10(3)16-4/h6-10,13H,5,14H2,1-4H3. The molecule has 0 aliphatic heterocycles. The molecule has 2 atom stereocenters. The SMILES string of the molecule is COC(C)CC(N)c1cncc(OC(C)C)c1. The van der Waals surface area contributed by atoms with Crippen LogP contribution in [0.3, 0.4) is 0 Å². The van der Waals surface area contributed by atoms with Crippen LogP contribution in [0.15, 0.2) is 18.5 Å². The van der Waals surface area contributed by atoms with Crippen molar-refractivity contribution in [2.45, 2.75) is 45.4 Å². The van der Waals surface area contributed by atoms with Gasteiger partial charge < -0.3 is 15.2 Å². The minimum absolute atomic E-state index is 0.0758. The summed E-state index contributed by atoms with van der Waals surface area (Å²) in [5.74, 6) is 0.762. The maximum Gasteiger partial charge on any atom is 0.138 e. The van der Waals surface area contributed by atoms with E-state index in [2.05, 4.69) is 4.98 Å². The van der Waals surface area contributed by atoms with E-state index >= 15 is 0 Å².